The lowest BCUT2D eigenvalue weighted by atomic mass is 10.2. The number of para-hydroxylation sites is 1. The maximum atomic E-state index is 7.57. The Morgan fingerprint density at radius 1 is 1.33 bits per heavy atom. The van der Waals surface area contributed by atoms with Crippen LogP contribution in [0.25, 0.3) is 10.9 Å². The fourth-order valence-corrected chi connectivity index (χ4v) is 1.10. The first kappa shape index (κ1) is 6.00. The molecule has 0 aliphatic rings. The van der Waals surface area contributed by atoms with Crippen molar-refractivity contribution >= 4 is 10.9 Å². The molecular weight excluding hydrogens is 150 g/mol. The van der Waals surface area contributed by atoms with E-state index in [9.17, 15) is 0 Å². The van der Waals surface area contributed by atoms with Crippen LogP contribution in [0.1, 0.15) is 1.37 Å². The molecule has 2 nitrogen and oxygen atoms in total. The molecule has 0 fully saturated rings. The van der Waals surface area contributed by atoms with Crippen LogP contribution < -0.4 is 4.74 Å². The smallest absolute Gasteiger partial charge is 0.213 e. The fourth-order valence-electron chi connectivity index (χ4n) is 1.10. The van der Waals surface area contributed by atoms with Gasteiger partial charge in [-0.2, -0.15) is 0 Å². The molecule has 60 valence electrons. The Bertz CT molecular complexity index is 442. The number of fused-ring (bicyclic) bond motifs is 1. The molecule has 0 atom stereocenters. The van der Waals surface area contributed by atoms with Gasteiger partial charge in [0.25, 0.3) is 0 Å². The molecule has 0 bridgehead atoms. The first-order valence-electron chi connectivity index (χ1n) is 4.21. The molecule has 2 aromatic rings. The molecule has 0 aliphatic carbocycles. The van der Waals surface area contributed by atoms with Crippen molar-refractivity contribution in [3.8, 4) is 5.88 Å². The van der Waals surface area contributed by atoms with Crippen LogP contribution in [-0.4, -0.2) is 12.1 Å². The monoisotopic (exact) mass is 160 g/mol. The SMILES string of the molecule is [2H]c1cc2ccccc2nc1OC. The third kappa shape index (κ3) is 1.11. The quantitative estimate of drug-likeness (QED) is 0.638. The van der Waals surface area contributed by atoms with Gasteiger partial charge in [-0.15, -0.1) is 0 Å². The molecule has 0 amide bonds. The second-order valence-electron chi connectivity index (χ2n) is 2.47. The van der Waals surface area contributed by atoms with Gasteiger partial charge in [0.1, 0.15) is 0 Å². The van der Waals surface area contributed by atoms with Gasteiger partial charge in [-0.25, -0.2) is 4.98 Å². The summed E-state index contributed by atoms with van der Waals surface area (Å²) in [5, 5.41) is 0.966. The third-order valence-electron chi connectivity index (χ3n) is 1.70. The maximum absolute atomic E-state index is 7.57. The minimum Gasteiger partial charge on any atom is -0.481 e. The van der Waals surface area contributed by atoms with E-state index in [-0.39, 0.29) is 0 Å². The van der Waals surface area contributed by atoms with E-state index in [1.165, 1.54) is 7.11 Å². The lowest BCUT2D eigenvalue weighted by molar-refractivity contribution is 0.399. The normalized spacial score (nSPS) is 11.2. The van der Waals surface area contributed by atoms with E-state index in [2.05, 4.69) is 4.98 Å². The van der Waals surface area contributed by atoms with Crippen molar-refractivity contribution in [2.45, 2.75) is 0 Å². The van der Waals surface area contributed by atoms with Crippen LogP contribution in [0.2, 0.25) is 0 Å². The number of rotatable bonds is 1. The van der Waals surface area contributed by atoms with Gasteiger partial charge in [0.05, 0.1) is 14.0 Å². The Morgan fingerprint density at radius 2 is 2.17 bits per heavy atom. The molecule has 2 heteroatoms. The molecule has 1 heterocycles. The molecular formula is C10H9NO. The number of aromatic nitrogens is 1. The summed E-state index contributed by atoms with van der Waals surface area (Å²) in [7, 11) is 1.52. The summed E-state index contributed by atoms with van der Waals surface area (Å²) >= 11 is 0. The van der Waals surface area contributed by atoms with Gasteiger partial charge >= 0.3 is 0 Å². The highest BCUT2D eigenvalue weighted by molar-refractivity contribution is 5.78. The van der Waals surface area contributed by atoms with Crippen molar-refractivity contribution in [3.05, 3.63) is 36.4 Å². The van der Waals surface area contributed by atoms with Crippen molar-refractivity contribution in [2.24, 2.45) is 0 Å². The zero-order valence-corrected chi connectivity index (χ0v) is 6.74. The fraction of sp³-hybridized carbons (Fsp3) is 0.100. The van der Waals surface area contributed by atoms with Gasteiger partial charge < -0.3 is 4.74 Å². The van der Waals surface area contributed by atoms with Crippen LogP contribution in [0.4, 0.5) is 0 Å². The summed E-state index contributed by atoms with van der Waals surface area (Å²) in [6.07, 6.45) is 0. The molecule has 0 radical (unpaired) electrons. The van der Waals surface area contributed by atoms with Gasteiger partial charge in [0.2, 0.25) is 5.88 Å². The summed E-state index contributed by atoms with van der Waals surface area (Å²) in [6.45, 7) is 0. The van der Waals surface area contributed by atoms with Crippen molar-refractivity contribution in [2.75, 3.05) is 7.11 Å². The molecule has 0 spiro atoms. The van der Waals surface area contributed by atoms with Crippen LogP contribution in [-0.2, 0) is 0 Å². The summed E-state index contributed by atoms with van der Waals surface area (Å²) < 4.78 is 12.5. The average molecular weight is 160 g/mol. The van der Waals surface area contributed by atoms with Crippen LogP contribution in [0.5, 0.6) is 5.88 Å². The van der Waals surface area contributed by atoms with E-state index in [0.29, 0.717) is 11.9 Å². The van der Waals surface area contributed by atoms with Gasteiger partial charge in [0.15, 0.2) is 0 Å². The van der Waals surface area contributed by atoms with Crippen molar-refractivity contribution in [3.63, 3.8) is 0 Å². The molecule has 0 saturated heterocycles. The van der Waals surface area contributed by atoms with Crippen LogP contribution in [0.3, 0.4) is 0 Å². The van der Waals surface area contributed by atoms with Crippen LogP contribution in [0.15, 0.2) is 36.4 Å². The number of pyridine rings is 1. The Hall–Kier alpha value is -1.57. The molecule has 1 aromatic heterocycles. The highest BCUT2D eigenvalue weighted by Crippen LogP contribution is 2.15. The predicted molar refractivity (Wildman–Crippen MR) is 48.3 cm³/mol. The number of hydrogen-bond donors (Lipinski definition) is 0. The maximum Gasteiger partial charge on any atom is 0.213 e. The second kappa shape index (κ2) is 2.81. The minimum atomic E-state index is 0.321. The molecule has 0 N–H and O–H groups in total. The number of methoxy groups -OCH3 is 1. The van der Waals surface area contributed by atoms with E-state index in [1.54, 1.807) is 6.07 Å². The first-order chi connectivity index (χ1) is 6.31. The zero-order valence-electron chi connectivity index (χ0n) is 7.74. The van der Waals surface area contributed by atoms with E-state index in [1.807, 2.05) is 24.3 Å². The summed E-state index contributed by atoms with van der Waals surface area (Å²) in [4.78, 5) is 4.18. The van der Waals surface area contributed by atoms with Crippen molar-refractivity contribution in [1.82, 2.24) is 4.98 Å². The zero-order chi connectivity index (χ0) is 9.26. The molecule has 0 saturated carbocycles. The summed E-state index contributed by atoms with van der Waals surface area (Å²) in [6, 6.07) is 9.74. The molecule has 12 heavy (non-hydrogen) atoms. The number of ether oxygens (including phenoxy) is 1. The van der Waals surface area contributed by atoms with E-state index in [4.69, 9.17) is 6.11 Å². The number of hydrogen-bond acceptors (Lipinski definition) is 2. The predicted octanol–water partition coefficient (Wildman–Crippen LogP) is 2.24. The molecule has 0 aliphatic heterocycles. The van der Waals surface area contributed by atoms with Crippen LogP contribution >= 0.6 is 0 Å². The Kier molecular flexibility index (Phi) is 1.41. The highest BCUT2D eigenvalue weighted by Gasteiger charge is 1.94. The lowest BCUT2D eigenvalue weighted by Gasteiger charge is -1.99. The number of nitrogens with zero attached hydrogens (tertiary/aromatic N) is 1. The van der Waals surface area contributed by atoms with E-state index >= 15 is 0 Å². The van der Waals surface area contributed by atoms with Gasteiger partial charge in [-0.05, 0) is 12.1 Å². The van der Waals surface area contributed by atoms with Gasteiger partial charge in [-0.1, -0.05) is 18.2 Å². The van der Waals surface area contributed by atoms with E-state index in [0.717, 1.165) is 10.9 Å². The third-order valence-corrected chi connectivity index (χ3v) is 1.70. The minimum absolute atomic E-state index is 0.321. The topological polar surface area (TPSA) is 22.1 Å². The Labute approximate surface area is 72.2 Å². The highest BCUT2D eigenvalue weighted by atomic mass is 16.5. The Morgan fingerprint density at radius 3 is 3.00 bits per heavy atom. The number of benzene rings is 1. The second-order valence-corrected chi connectivity index (χ2v) is 2.47. The molecule has 2 rings (SSSR count). The summed E-state index contributed by atoms with van der Waals surface area (Å²) in [5.74, 6) is 0.374. The lowest BCUT2D eigenvalue weighted by Crippen LogP contribution is -1.86. The molecule has 1 aromatic carbocycles. The van der Waals surface area contributed by atoms with Crippen LogP contribution in [0, 0.1) is 0 Å². The van der Waals surface area contributed by atoms with Crippen molar-refractivity contribution < 1.29 is 6.11 Å². The van der Waals surface area contributed by atoms with Gasteiger partial charge in [0, 0.05) is 11.4 Å². The van der Waals surface area contributed by atoms with Crippen molar-refractivity contribution in [1.29, 1.82) is 0 Å². The largest absolute Gasteiger partial charge is 0.481 e. The summed E-state index contributed by atoms with van der Waals surface area (Å²) in [5.41, 5.74) is 0.857. The first-order valence-corrected chi connectivity index (χ1v) is 3.71. The van der Waals surface area contributed by atoms with Gasteiger partial charge in [-0.3, -0.25) is 0 Å². The standard InChI is InChI=1S/C10H9NO/c1-12-10-7-6-8-4-2-3-5-9(8)11-10/h2-7H,1H3/i7D. The molecule has 0 unspecified atom stereocenters. The Balaban J connectivity index is 2.74. The van der Waals surface area contributed by atoms with E-state index < -0.39 is 0 Å². The average Bonchev–Trinajstić information content (AvgIpc) is 2.17.